The number of aromatic nitrogens is 4. The Bertz CT molecular complexity index is 1160. The number of carbonyl (C=O) groups excluding carboxylic acids is 1. The molecule has 0 spiro atoms. The van der Waals surface area contributed by atoms with Crippen LogP contribution in [0.2, 0.25) is 0 Å². The molecule has 0 radical (unpaired) electrons. The van der Waals surface area contributed by atoms with Gasteiger partial charge in [-0.3, -0.25) is 14.5 Å². The van der Waals surface area contributed by atoms with E-state index in [4.69, 9.17) is 0 Å². The van der Waals surface area contributed by atoms with Crippen LogP contribution in [-0.2, 0) is 6.54 Å². The molecular formula is C21H18F3N7O2. The number of nitrogens with one attached hydrogen (secondary N) is 1. The lowest BCUT2D eigenvalue weighted by molar-refractivity contribution is -0.274. The van der Waals surface area contributed by atoms with Gasteiger partial charge >= 0.3 is 6.36 Å². The van der Waals surface area contributed by atoms with Gasteiger partial charge in [0.2, 0.25) is 0 Å². The van der Waals surface area contributed by atoms with Gasteiger partial charge in [0.25, 0.3) is 5.91 Å². The van der Waals surface area contributed by atoms with E-state index in [0.717, 1.165) is 0 Å². The second kappa shape index (κ2) is 9.15. The van der Waals surface area contributed by atoms with Crippen molar-refractivity contribution >= 4 is 5.91 Å². The molecule has 9 nitrogen and oxygen atoms in total. The first-order chi connectivity index (χ1) is 15.8. The van der Waals surface area contributed by atoms with Gasteiger partial charge < -0.3 is 15.0 Å². The summed E-state index contributed by atoms with van der Waals surface area (Å²) in [6.07, 6.45) is 2.53. The van der Waals surface area contributed by atoms with Crippen molar-refractivity contribution < 1.29 is 22.7 Å². The number of halogens is 3. The average molecular weight is 457 g/mol. The molecule has 1 aliphatic heterocycles. The van der Waals surface area contributed by atoms with Gasteiger partial charge in [-0.2, -0.15) is 5.26 Å². The topological polar surface area (TPSA) is 109 Å². The van der Waals surface area contributed by atoms with Crippen LogP contribution in [0.1, 0.15) is 16.9 Å². The largest absolute Gasteiger partial charge is 0.573 e. The summed E-state index contributed by atoms with van der Waals surface area (Å²) >= 11 is 0. The summed E-state index contributed by atoms with van der Waals surface area (Å²) in [4.78, 5) is 18.5. The highest BCUT2D eigenvalue weighted by atomic mass is 19.4. The van der Waals surface area contributed by atoms with Crippen molar-refractivity contribution in [2.24, 2.45) is 0 Å². The molecule has 2 atom stereocenters. The Morgan fingerprint density at radius 3 is 2.79 bits per heavy atom. The smallest absolute Gasteiger partial charge is 0.406 e. The molecule has 1 amide bonds. The quantitative estimate of drug-likeness (QED) is 0.567. The van der Waals surface area contributed by atoms with Gasteiger partial charge in [0.15, 0.2) is 6.19 Å². The van der Waals surface area contributed by atoms with E-state index in [1.807, 2.05) is 0 Å². The minimum Gasteiger partial charge on any atom is -0.406 e. The lowest BCUT2D eigenvalue weighted by atomic mass is 10.1. The molecule has 0 saturated carbocycles. The van der Waals surface area contributed by atoms with Crippen molar-refractivity contribution in [3.63, 3.8) is 0 Å². The number of pyridine rings is 1. The number of ether oxygens (including phenoxy) is 1. The van der Waals surface area contributed by atoms with E-state index in [0.29, 0.717) is 30.6 Å². The maximum Gasteiger partial charge on any atom is 0.573 e. The molecule has 33 heavy (non-hydrogen) atoms. The molecule has 0 unspecified atom stereocenters. The summed E-state index contributed by atoms with van der Waals surface area (Å²) < 4.78 is 43.1. The SMILES string of the molecule is N#CN1C[C@H](NC(=O)c2cc(-c3cccc(OC(F)(F)F)c3)ccn2)C[C@H]1Cn1ccnn1. The van der Waals surface area contributed by atoms with Gasteiger partial charge in [0, 0.05) is 25.0 Å². The van der Waals surface area contributed by atoms with E-state index in [-0.39, 0.29) is 23.5 Å². The van der Waals surface area contributed by atoms with E-state index < -0.39 is 12.3 Å². The Balaban J connectivity index is 1.44. The summed E-state index contributed by atoms with van der Waals surface area (Å²) in [6.45, 7) is 0.808. The Kier molecular flexibility index (Phi) is 6.12. The summed E-state index contributed by atoms with van der Waals surface area (Å²) in [5.41, 5.74) is 1.06. The summed E-state index contributed by atoms with van der Waals surface area (Å²) in [6, 6.07) is 8.13. The van der Waals surface area contributed by atoms with Gasteiger partial charge in [-0.15, -0.1) is 18.3 Å². The third kappa shape index (κ3) is 5.57. The molecule has 12 heteroatoms. The summed E-state index contributed by atoms with van der Waals surface area (Å²) in [5, 5.41) is 19.9. The first kappa shape index (κ1) is 22.1. The normalized spacial score (nSPS) is 18.1. The molecule has 1 aliphatic rings. The molecule has 1 fully saturated rings. The zero-order valence-corrected chi connectivity index (χ0v) is 17.1. The second-order valence-corrected chi connectivity index (χ2v) is 7.44. The Hall–Kier alpha value is -4.14. The van der Waals surface area contributed by atoms with Crippen molar-refractivity contribution in [1.82, 2.24) is 30.2 Å². The molecule has 1 aromatic carbocycles. The molecule has 0 bridgehead atoms. The number of hydrogen-bond acceptors (Lipinski definition) is 7. The zero-order valence-electron chi connectivity index (χ0n) is 17.1. The van der Waals surface area contributed by atoms with Crippen molar-refractivity contribution in [2.75, 3.05) is 6.54 Å². The van der Waals surface area contributed by atoms with Crippen molar-refractivity contribution in [3.05, 3.63) is 60.7 Å². The number of likely N-dealkylation sites (tertiary alicyclic amines) is 1. The van der Waals surface area contributed by atoms with E-state index in [9.17, 15) is 23.2 Å². The second-order valence-electron chi connectivity index (χ2n) is 7.44. The zero-order chi connectivity index (χ0) is 23.4. The molecular weight excluding hydrogens is 439 g/mol. The Morgan fingerprint density at radius 1 is 1.24 bits per heavy atom. The van der Waals surface area contributed by atoms with Crippen LogP contribution in [0.5, 0.6) is 5.75 Å². The number of nitrogens with zero attached hydrogens (tertiary/aromatic N) is 6. The standard InChI is InChI=1S/C21H18F3N7O2/c22-21(23,24)33-18-3-1-2-14(8-18)15-4-5-26-19(9-15)20(32)28-16-10-17(30(11-16)13-25)12-31-7-6-27-29-31/h1-9,16-17H,10-12H2,(H,28,32)/t16-,17+/m1/s1. The molecule has 4 rings (SSSR count). The highest BCUT2D eigenvalue weighted by molar-refractivity contribution is 5.93. The molecule has 1 saturated heterocycles. The van der Waals surface area contributed by atoms with Crippen LogP contribution in [0, 0.1) is 11.5 Å². The first-order valence-corrected chi connectivity index (χ1v) is 9.94. The van der Waals surface area contributed by atoms with Crippen LogP contribution in [-0.4, -0.2) is 55.8 Å². The van der Waals surface area contributed by atoms with Gasteiger partial charge in [-0.25, -0.2) is 0 Å². The highest BCUT2D eigenvalue weighted by Crippen LogP contribution is 2.28. The van der Waals surface area contributed by atoms with E-state index in [2.05, 4.69) is 31.5 Å². The molecule has 1 N–H and O–H groups in total. The number of carbonyl (C=O) groups is 1. The van der Waals surface area contributed by atoms with Crippen LogP contribution in [0.3, 0.4) is 0 Å². The Morgan fingerprint density at radius 2 is 2.06 bits per heavy atom. The van der Waals surface area contributed by atoms with Gasteiger partial charge in [-0.1, -0.05) is 17.3 Å². The molecule has 2 aromatic heterocycles. The first-order valence-electron chi connectivity index (χ1n) is 9.94. The minimum absolute atomic E-state index is 0.109. The number of amides is 1. The minimum atomic E-state index is -4.80. The fraction of sp³-hybridized carbons (Fsp3) is 0.286. The van der Waals surface area contributed by atoms with Crippen molar-refractivity contribution in [3.8, 4) is 23.1 Å². The lowest BCUT2D eigenvalue weighted by Crippen LogP contribution is -2.36. The Labute approximate surface area is 186 Å². The van der Waals surface area contributed by atoms with E-state index in [1.165, 1.54) is 30.5 Å². The average Bonchev–Trinajstić information content (AvgIpc) is 3.43. The van der Waals surface area contributed by atoms with Gasteiger partial charge in [0.1, 0.15) is 11.4 Å². The molecule has 3 heterocycles. The van der Waals surface area contributed by atoms with Crippen molar-refractivity contribution in [2.45, 2.75) is 31.4 Å². The predicted molar refractivity (Wildman–Crippen MR) is 108 cm³/mol. The number of nitriles is 1. The number of hydrogen-bond donors (Lipinski definition) is 1. The maximum atomic E-state index is 12.8. The molecule has 0 aliphatic carbocycles. The molecule has 3 aromatic rings. The number of rotatable bonds is 6. The predicted octanol–water partition coefficient (Wildman–Crippen LogP) is 2.59. The van der Waals surface area contributed by atoms with Crippen LogP contribution < -0.4 is 10.1 Å². The fourth-order valence-electron chi connectivity index (χ4n) is 3.73. The van der Waals surface area contributed by atoms with Crippen molar-refractivity contribution in [1.29, 1.82) is 5.26 Å². The lowest BCUT2D eigenvalue weighted by Gasteiger charge is -2.16. The third-order valence-electron chi connectivity index (χ3n) is 5.14. The summed E-state index contributed by atoms with van der Waals surface area (Å²) in [5.74, 6) is -0.798. The van der Waals surface area contributed by atoms with Crippen LogP contribution in [0.4, 0.5) is 13.2 Å². The highest BCUT2D eigenvalue weighted by Gasteiger charge is 2.33. The monoisotopic (exact) mass is 457 g/mol. The number of alkyl halides is 3. The number of benzene rings is 1. The van der Waals surface area contributed by atoms with Crippen LogP contribution in [0.15, 0.2) is 55.0 Å². The van der Waals surface area contributed by atoms with E-state index in [1.54, 1.807) is 34.1 Å². The van der Waals surface area contributed by atoms with Gasteiger partial charge in [-0.05, 0) is 41.8 Å². The maximum absolute atomic E-state index is 12.8. The van der Waals surface area contributed by atoms with E-state index >= 15 is 0 Å². The van der Waals surface area contributed by atoms with Gasteiger partial charge in [0.05, 0.1) is 18.8 Å². The van der Waals surface area contributed by atoms with Crippen LogP contribution >= 0.6 is 0 Å². The summed E-state index contributed by atoms with van der Waals surface area (Å²) in [7, 11) is 0. The van der Waals surface area contributed by atoms with Crippen LogP contribution in [0.25, 0.3) is 11.1 Å². The third-order valence-corrected chi connectivity index (χ3v) is 5.14. The fourth-order valence-corrected chi connectivity index (χ4v) is 3.73. The molecule has 170 valence electrons.